The van der Waals surface area contributed by atoms with Crippen LogP contribution >= 0.6 is 0 Å². The van der Waals surface area contributed by atoms with Gasteiger partial charge in [-0.25, -0.2) is 0 Å². The first kappa shape index (κ1) is 5.74. The molecule has 1 rings (SSSR count). The molecule has 0 spiro atoms. The van der Waals surface area contributed by atoms with Crippen LogP contribution in [-0.4, -0.2) is 20.7 Å². The molecule has 0 radical (unpaired) electrons. The molecule has 5 nitrogen and oxygen atoms in total. The van der Waals surface area contributed by atoms with Crippen LogP contribution < -0.4 is 5.73 Å². The van der Waals surface area contributed by atoms with Crippen molar-refractivity contribution < 1.29 is 4.79 Å². The summed E-state index contributed by atoms with van der Waals surface area (Å²) in [7, 11) is 0. The Labute approximate surface area is 51.5 Å². The van der Waals surface area contributed by atoms with E-state index in [2.05, 4.69) is 10.2 Å². The van der Waals surface area contributed by atoms with Crippen LogP contribution in [0.15, 0.2) is 12.7 Å². The second kappa shape index (κ2) is 2.25. The molecule has 0 aliphatic heterocycles. The van der Waals surface area contributed by atoms with Gasteiger partial charge in [0, 0.05) is 0 Å². The summed E-state index contributed by atoms with van der Waals surface area (Å²) in [5, 5.41) is 6.96. The molecule has 0 saturated carbocycles. The zero-order chi connectivity index (χ0) is 6.69. The van der Waals surface area contributed by atoms with Crippen LogP contribution in [0.4, 0.5) is 0 Å². The number of nitrogens with zero attached hydrogens (tertiary/aromatic N) is 3. The van der Waals surface area contributed by atoms with Crippen molar-refractivity contribution in [3.63, 3.8) is 0 Å². The highest BCUT2D eigenvalue weighted by Crippen LogP contribution is 1.78. The fraction of sp³-hybridized carbons (Fsp3) is 0.250. The second-order valence-corrected chi connectivity index (χ2v) is 1.60. The third-order valence-corrected chi connectivity index (χ3v) is 0.805. The minimum Gasteiger partial charge on any atom is -0.368 e. The van der Waals surface area contributed by atoms with Gasteiger partial charge in [-0.1, -0.05) is 0 Å². The molecule has 0 aliphatic carbocycles. The topological polar surface area (TPSA) is 73.8 Å². The minimum absolute atomic E-state index is 0.146. The lowest BCUT2D eigenvalue weighted by atomic mass is 10.6. The zero-order valence-electron chi connectivity index (χ0n) is 4.69. The molecular weight excluding hydrogens is 120 g/mol. The lowest BCUT2D eigenvalue weighted by Crippen LogP contribution is -2.17. The molecule has 5 heteroatoms. The van der Waals surface area contributed by atoms with Gasteiger partial charge in [0.2, 0.25) is 5.91 Å². The minimum atomic E-state index is -0.394. The third-order valence-electron chi connectivity index (χ3n) is 0.805. The maximum atomic E-state index is 10.2. The number of carbonyl (C=O) groups excluding carboxylic acids is 1. The standard InChI is InChI=1S/C4H6N4O/c5-4(9)1-8-2-6-7-3-8/h2-3H,1H2,(H2,5,9). The van der Waals surface area contributed by atoms with E-state index in [9.17, 15) is 4.79 Å². The number of hydrogen-bond donors (Lipinski definition) is 1. The smallest absolute Gasteiger partial charge is 0.237 e. The first-order valence-corrected chi connectivity index (χ1v) is 2.40. The Bertz CT molecular complexity index is 192. The molecule has 0 unspecified atom stereocenters. The maximum Gasteiger partial charge on any atom is 0.237 e. The Morgan fingerprint density at radius 3 is 2.56 bits per heavy atom. The van der Waals surface area contributed by atoms with Gasteiger partial charge >= 0.3 is 0 Å². The largest absolute Gasteiger partial charge is 0.368 e. The lowest BCUT2D eigenvalue weighted by molar-refractivity contribution is -0.118. The number of carbonyl (C=O) groups is 1. The second-order valence-electron chi connectivity index (χ2n) is 1.60. The van der Waals surface area contributed by atoms with Crippen LogP contribution in [0.2, 0.25) is 0 Å². The van der Waals surface area contributed by atoms with Crippen LogP contribution in [0.1, 0.15) is 0 Å². The van der Waals surface area contributed by atoms with Crippen molar-refractivity contribution in [3.8, 4) is 0 Å². The fourth-order valence-corrected chi connectivity index (χ4v) is 0.484. The molecule has 1 aromatic rings. The summed E-state index contributed by atoms with van der Waals surface area (Å²) in [6, 6.07) is 0. The van der Waals surface area contributed by atoms with E-state index in [1.165, 1.54) is 17.2 Å². The van der Waals surface area contributed by atoms with Gasteiger partial charge in [-0.3, -0.25) is 4.79 Å². The summed E-state index contributed by atoms with van der Waals surface area (Å²) in [5.41, 5.74) is 4.87. The highest BCUT2D eigenvalue weighted by atomic mass is 16.1. The number of nitrogens with two attached hydrogens (primary N) is 1. The van der Waals surface area contributed by atoms with Crippen LogP contribution in [0, 0.1) is 0 Å². The summed E-state index contributed by atoms with van der Waals surface area (Å²) in [6.45, 7) is 0.146. The van der Waals surface area contributed by atoms with Gasteiger partial charge in [0.15, 0.2) is 0 Å². The van der Waals surface area contributed by atoms with E-state index in [-0.39, 0.29) is 6.54 Å². The monoisotopic (exact) mass is 126 g/mol. The van der Waals surface area contributed by atoms with Crippen LogP contribution in [-0.2, 0) is 11.3 Å². The van der Waals surface area contributed by atoms with Crippen LogP contribution in [0.3, 0.4) is 0 Å². The van der Waals surface area contributed by atoms with E-state index in [1.54, 1.807) is 0 Å². The van der Waals surface area contributed by atoms with Gasteiger partial charge in [-0.15, -0.1) is 10.2 Å². The van der Waals surface area contributed by atoms with Gasteiger partial charge in [0.25, 0.3) is 0 Å². The van der Waals surface area contributed by atoms with Crippen molar-refractivity contribution in [1.82, 2.24) is 14.8 Å². The molecular formula is C4H6N4O. The first-order valence-electron chi connectivity index (χ1n) is 2.40. The molecule has 9 heavy (non-hydrogen) atoms. The summed E-state index contributed by atoms with van der Waals surface area (Å²) in [6.07, 6.45) is 2.87. The summed E-state index contributed by atoms with van der Waals surface area (Å²) in [5.74, 6) is -0.394. The van der Waals surface area contributed by atoms with E-state index in [4.69, 9.17) is 5.73 Å². The molecule has 0 fully saturated rings. The van der Waals surface area contributed by atoms with E-state index in [1.807, 2.05) is 0 Å². The molecule has 2 N–H and O–H groups in total. The number of rotatable bonds is 2. The van der Waals surface area contributed by atoms with Crippen molar-refractivity contribution in [2.24, 2.45) is 5.73 Å². The maximum absolute atomic E-state index is 10.2. The molecule has 0 bridgehead atoms. The highest BCUT2D eigenvalue weighted by molar-refractivity contribution is 5.73. The number of amides is 1. The van der Waals surface area contributed by atoms with Gasteiger partial charge in [-0.2, -0.15) is 0 Å². The molecule has 0 saturated heterocycles. The molecule has 1 aromatic heterocycles. The molecule has 0 atom stereocenters. The first-order chi connectivity index (χ1) is 4.29. The molecule has 1 heterocycles. The summed E-state index contributed by atoms with van der Waals surface area (Å²) >= 11 is 0. The molecule has 48 valence electrons. The molecule has 0 aliphatic rings. The van der Waals surface area contributed by atoms with E-state index >= 15 is 0 Å². The van der Waals surface area contributed by atoms with E-state index in [0.717, 1.165) is 0 Å². The van der Waals surface area contributed by atoms with Crippen LogP contribution in [0.5, 0.6) is 0 Å². The highest BCUT2D eigenvalue weighted by Gasteiger charge is 1.93. The van der Waals surface area contributed by atoms with Crippen molar-refractivity contribution in [2.75, 3.05) is 0 Å². The molecule has 1 amide bonds. The lowest BCUT2D eigenvalue weighted by Gasteiger charge is -1.91. The van der Waals surface area contributed by atoms with Crippen molar-refractivity contribution in [1.29, 1.82) is 0 Å². The number of primary amides is 1. The van der Waals surface area contributed by atoms with Crippen LogP contribution in [0.25, 0.3) is 0 Å². The Hall–Kier alpha value is -1.39. The quantitative estimate of drug-likeness (QED) is 0.538. The average molecular weight is 126 g/mol. The predicted octanol–water partition coefficient (Wildman–Crippen LogP) is -1.24. The fourth-order valence-electron chi connectivity index (χ4n) is 0.484. The van der Waals surface area contributed by atoms with Gasteiger partial charge in [0.05, 0.1) is 0 Å². The predicted molar refractivity (Wildman–Crippen MR) is 29.2 cm³/mol. The van der Waals surface area contributed by atoms with Crippen molar-refractivity contribution in [2.45, 2.75) is 6.54 Å². The number of aromatic nitrogens is 3. The van der Waals surface area contributed by atoms with Crippen molar-refractivity contribution >= 4 is 5.91 Å². The summed E-state index contributed by atoms with van der Waals surface area (Å²) < 4.78 is 1.50. The van der Waals surface area contributed by atoms with Gasteiger partial charge < -0.3 is 10.3 Å². The Balaban J connectivity index is 2.58. The summed E-state index contributed by atoms with van der Waals surface area (Å²) in [4.78, 5) is 10.2. The van der Waals surface area contributed by atoms with Crippen molar-refractivity contribution in [3.05, 3.63) is 12.7 Å². The van der Waals surface area contributed by atoms with Gasteiger partial charge in [-0.05, 0) is 0 Å². The Kier molecular flexibility index (Phi) is 1.44. The Morgan fingerprint density at radius 1 is 1.56 bits per heavy atom. The Morgan fingerprint density at radius 2 is 2.11 bits per heavy atom. The normalized spacial score (nSPS) is 9.33. The van der Waals surface area contributed by atoms with E-state index in [0.29, 0.717) is 0 Å². The zero-order valence-corrected chi connectivity index (χ0v) is 4.69. The third kappa shape index (κ3) is 1.52. The molecule has 0 aromatic carbocycles. The SMILES string of the molecule is NC(=O)Cn1cnnc1. The van der Waals surface area contributed by atoms with Gasteiger partial charge in [0.1, 0.15) is 19.2 Å². The average Bonchev–Trinajstić information content (AvgIpc) is 2.15. The number of hydrogen-bond acceptors (Lipinski definition) is 3. The van der Waals surface area contributed by atoms with E-state index < -0.39 is 5.91 Å².